The first-order chi connectivity index (χ1) is 9.08. The third-order valence-electron chi connectivity index (χ3n) is 2.91. The zero-order valence-electron chi connectivity index (χ0n) is 10.4. The molecule has 0 saturated carbocycles. The number of rotatable bonds is 1. The van der Waals surface area contributed by atoms with E-state index in [1.165, 1.54) is 13.2 Å². The summed E-state index contributed by atoms with van der Waals surface area (Å²) in [6, 6.07) is 4.78. The molecule has 0 saturated heterocycles. The summed E-state index contributed by atoms with van der Waals surface area (Å²) < 4.78 is 5.03. The van der Waals surface area contributed by atoms with Crippen LogP contribution in [-0.4, -0.2) is 27.2 Å². The molecule has 3 aromatic rings. The lowest BCUT2D eigenvalue weighted by molar-refractivity contribution is 0.374. The van der Waals surface area contributed by atoms with Crippen LogP contribution in [0, 0.1) is 6.92 Å². The number of H-pyrrole nitrogens is 1. The molecule has 3 rings (SSSR count). The van der Waals surface area contributed by atoms with Gasteiger partial charge in [0.25, 0.3) is 5.56 Å². The van der Waals surface area contributed by atoms with Crippen LogP contribution in [0.2, 0.25) is 0 Å². The van der Waals surface area contributed by atoms with E-state index in [1.807, 2.05) is 0 Å². The molecule has 96 valence electrons. The van der Waals surface area contributed by atoms with Gasteiger partial charge in [-0.1, -0.05) is 0 Å². The number of aryl methyl sites for hydroxylation is 1. The molecule has 0 aliphatic rings. The average Bonchev–Trinajstić information content (AvgIpc) is 2.36. The number of phenolic OH excluding ortho intramolecular Hbond substituents is 1. The summed E-state index contributed by atoms with van der Waals surface area (Å²) >= 11 is 0. The SMILES string of the molecule is COc1cc2nc3nc(C)[nH]c(=O)c3cc2cc1O. The van der Waals surface area contributed by atoms with Gasteiger partial charge < -0.3 is 14.8 Å². The number of ether oxygens (including phenoxy) is 1. The topological polar surface area (TPSA) is 88.1 Å². The Kier molecular flexibility index (Phi) is 2.38. The van der Waals surface area contributed by atoms with Crippen molar-refractivity contribution in [2.45, 2.75) is 6.92 Å². The number of pyridine rings is 1. The van der Waals surface area contributed by atoms with Gasteiger partial charge in [0.1, 0.15) is 5.82 Å². The van der Waals surface area contributed by atoms with Gasteiger partial charge in [0.15, 0.2) is 17.1 Å². The number of phenols is 1. The molecule has 2 aromatic heterocycles. The number of nitrogens with zero attached hydrogens (tertiary/aromatic N) is 2. The van der Waals surface area contributed by atoms with E-state index in [1.54, 1.807) is 19.1 Å². The van der Waals surface area contributed by atoms with E-state index in [-0.39, 0.29) is 11.3 Å². The normalized spacial score (nSPS) is 11.1. The largest absolute Gasteiger partial charge is 0.504 e. The van der Waals surface area contributed by atoms with Crippen LogP contribution >= 0.6 is 0 Å². The van der Waals surface area contributed by atoms with Crippen LogP contribution < -0.4 is 10.3 Å². The third kappa shape index (κ3) is 1.77. The highest BCUT2D eigenvalue weighted by molar-refractivity contribution is 5.92. The van der Waals surface area contributed by atoms with Crippen LogP contribution in [0.15, 0.2) is 23.0 Å². The number of aromatic hydroxyl groups is 1. The van der Waals surface area contributed by atoms with Crippen LogP contribution in [0.3, 0.4) is 0 Å². The summed E-state index contributed by atoms with van der Waals surface area (Å²) in [5.41, 5.74) is 0.744. The molecule has 0 bridgehead atoms. The second-order valence-corrected chi connectivity index (χ2v) is 4.23. The monoisotopic (exact) mass is 257 g/mol. The lowest BCUT2D eigenvalue weighted by atomic mass is 10.1. The number of hydrogen-bond donors (Lipinski definition) is 2. The van der Waals surface area contributed by atoms with Crippen LogP contribution in [0.5, 0.6) is 11.5 Å². The quantitative estimate of drug-likeness (QED) is 0.645. The molecule has 0 atom stereocenters. The fourth-order valence-corrected chi connectivity index (χ4v) is 2.01. The highest BCUT2D eigenvalue weighted by Gasteiger charge is 2.09. The van der Waals surface area contributed by atoms with Gasteiger partial charge in [-0.3, -0.25) is 4.79 Å². The van der Waals surface area contributed by atoms with E-state index in [9.17, 15) is 9.90 Å². The predicted octanol–water partition coefficient (Wildman–Crippen LogP) is 1.49. The van der Waals surface area contributed by atoms with Crippen molar-refractivity contribution in [1.82, 2.24) is 15.0 Å². The Hall–Kier alpha value is -2.63. The van der Waals surface area contributed by atoms with Crippen molar-refractivity contribution < 1.29 is 9.84 Å². The van der Waals surface area contributed by atoms with Crippen molar-refractivity contribution in [1.29, 1.82) is 0 Å². The Morgan fingerprint density at radius 2 is 2.05 bits per heavy atom. The van der Waals surface area contributed by atoms with Gasteiger partial charge in [-0.2, -0.15) is 0 Å². The van der Waals surface area contributed by atoms with E-state index in [4.69, 9.17) is 4.74 Å². The number of aromatic amines is 1. The van der Waals surface area contributed by atoms with E-state index in [0.29, 0.717) is 33.5 Å². The minimum atomic E-state index is -0.243. The number of aromatic nitrogens is 3. The van der Waals surface area contributed by atoms with Gasteiger partial charge in [0.05, 0.1) is 18.0 Å². The van der Waals surface area contributed by atoms with Crippen molar-refractivity contribution in [3.63, 3.8) is 0 Å². The number of nitrogens with one attached hydrogen (secondary N) is 1. The smallest absolute Gasteiger partial charge is 0.260 e. The van der Waals surface area contributed by atoms with Gasteiger partial charge in [-0.15, -0.1) is 0 Å². The maximum absolute atomic E-state index is 11.8. The molecule has 0 aliphatic carbocycles. The molecular formula is C13H11N3O3. The molecule has 0 unspecified atom stereocenters. The first-order valence-electron chi connectivity index (χ1n) is 5.67. The molecule has 19 heavy (non-hydrogen) atoms. The Morgan fingerprint density at radius 3 is 2.79 bits per heavy atom. The van der Waals surface area contributed by atoms with Gasteiger partial charge in [-0.05, 0) is 19.1 Å². The van der Waals surface area contributed by atoms with Gasteiger partial charge in [-0.25, -0.2) is 9.97 Å². The zero-order chi connectivity index (χ0) is 13.6. The van der Waals surface area contributed by atoms with Gasteiger partial charge in [0, 0.05) is 11.5 Å². The lowest BCUT2D eigenvalue weighted by Gasteiger charge is -2.06. The van der Waals surface area contributed by atoms with Crippen LogP contribution in [0.25, 0.3) is 21.9 Å². The molecular weight excluding hydrogens is 246 g/mol. The zero-order valence-corrected chi connectivity index (χ0v) is 10.4. The lowest BCUT2D eigenvalue weighted by Crippen LogP contribution is -2.10. The summed E-state index contributed by atoms with van der Waals surface area (Å²) in [4.78, 5) is 23.0. The Labute approximate surface area is 107 Å². The highest BCUT2D eigenvalue weighted by atomic mass is 16.5. The van der Waals surface area contributed by atoms with Crippen LogP contribution in [-0.2, 0) is 0 Å². The summed E-state index contributed by atoms with van der Waals surface area (Å²) in [7, 11) is 1.47. The second kappa shape index (κ2) is 3.94. The molecule has 2 heterocycles. The van der Waals surface area contributed by atoms with Crippen molar-refractivity contribution >= 4 is 21.9 Å². The summed E-state index contributed by atoms with van der Waals surface area (Å²) in [6.07, 6.45) is 0. The average molecular weight is 257 g/mol. The fourth-order valence-electron chi connectivity index (χ4n) is 2.01. The maximum atomic E-state index is 11.8. The molecule has 0 spiro atoms. The number of fused-ring (bicyclic) bond motifs is 2. The fraction of sp³-hybridized carbons (Fsp3) is 0.154. The van der Waals surface area contributed by atoms with Crippen molar-refractivity contribution in [3.8, 4) is 11.5 Å². The van der Waals surface area contributed by atoms with Gasteiger partial charge >= 0.3 is 0 Å². The van der Waals surface area contributed by atoms with E-state index in [0.717, 1.165) is 0 Å². The van der Waals surface area contributed by atoms with Crippen molar-refractivity contribution in [3.05, 3.63) is 34.4 Å². The van der Waals surface area contributed by atoms with E-state index >= 15 is 0 Å². The molecule has 0 amide bonds. The number of methoxy groups -OCH3 is 1. The Balaban J connectivity index is 2.45. The third-order valence-corrected chi connectivity index (χ3v) is 2.91. The first kappa shape index (κ1) is 11.5. The highest BCUT2D eigenvalue weighted by Crippen LogP contribution is 2.30. The molecule has 2 N–H and O–H groups in total. The molecule has 6 heteroatoms. The molecule has 1 aromatic carbocycles. The maximum Gasteiger partial charge on any atom is 0.260 e. The van der Waals surface area contributed by atoms with Crippen molar-refractivity contribution in [2.75, 3.05) is 7.11 Å². The molecule has 0 fully saturated rings. The first-order valence-corrected chi connectivity index (χ1v) is 5.67. The second-order valence-electron chi connectivity index (χ2n) is 4.23. The van der Waals surface area contributed by atoms with Crippen LogP contribution in [0.1, 0.15) is 5.82 Å². The predicted molar refractivity (Wildman–Crippen MR) is 70.6 cm³/mol. The molecule has 0 radical (unpaired) electrons. The van der Waals surface area contributed by atoms with Crippen LogP contribution in [0.4, 0.5) is 0 Å². The molecule has 0 aliphatic heterocycles. The summed E-state index contributed by atoms with van der Waals surface area (Å²) in [5, 5.41) is 10.8. The van der Waals surface area contributed by atoms with Crippen molar-refractivity contribution in [2.24, 2.45) is 0 Å². The summed E-state index contributed by atoms with van der Waals surface area (Å²) in [6.45, 7) is 1.70. The molecule has 6 nitrogen and oxygen atoms in total. The minimum Gasteiger partial charge on any atom is -0.504 e. The number of benzene rings is 1. The van der Waals surface area contributed by atoms with Gasteiger partial charge in [0.2, 0.25) is 0 Å². The standard InChI is InChI=1S/C13H11N3O3/c1-6-14-12-8(13(18)15-6)3-7-4-10(17)11(19-2)5-9(7)16-12/h3-5,17H,1-2H3,(H,14,15,16,18). The Morgan fingerprint density at radius 1 is 1.26 bits per heavy atom. The number of hydrogen-bond acceptors (Lipinski definition) is 5. The van der Waals surface area contributed by atoms with E-state index in [2.05, 4.69) is 15.0 Å². The Bertz CT molecular complexity index is 855. The minimum absolute atomic E-state index is 0.00708. The summed E-state index contributed by atoms with van der Waals surface area (Å²) in [5.74, 6) is 0.851. The van der Waals surface area contributed by atoms with E-state index < -0.39 is 0 Å².